The zero-order chi connectivity index (χ0) is 35.2. The summed E-state index contributed by atoms with van der Waals surface area (Å²) in [6.07, 6.45) is -10.4. The fraction of sp³-hybridized carbons (Fsp3) is 0.143. The van der Waals surface area contributed by atoms with Gasteiger partial charge in [-0.3, -0.25) is 40.5 Å². The summed E-state index contributed by atoms with van der Waals surface area (Å²) >= 11 is 0. The summed E-state index contributed by atoms with van der Waals surface area (Å²) < 4.78 is 88.9. The molecule has 0 unspecified atom stereocenters. The quantitative estimate of drug-likeness (QED) is 0.101. The van der Waals surface area contributed by atoms with Crippen LogP contribution in [0.5, 0.6) is 11.5 Å². The molecule has 4 rings (SSSR count). The Morgan fingerprint density at radius 3 is 1.09 bits per heavy atom. The van der Waals surface area contributed by atoms with Crippen LogP contribution in [-0.4, -0.2) is 19.7 Å². The van der Waals surface area contributed by atoms with E-state index in [0.29, 0.717) is 12.1 Å². The first kappa shape index (κ1) is 33.7. The Kier molecular flexibility index (Phi) is 8.61. The van der Waals surface area contributed by atoms with Crippen LogP contribution in [0.2, 0.25) is 0 Å². The molecule has 0 aliphatic carbocycles. The Morgan fingerprint density at radius 1 is 0.511 bits per heavy atom. The van der Waals surface area contributed by atoms with E-state index in [4.69, 9.17) is 4.74 Å². The van der Waals surface area contributed by atoms with Crippen molar-refractivity contribution in [1.82, 2.24) is 0 Å². The van der Waals surface area contributed by atoms with Crippen LogP contribution in [0.25, 0.3) is 22.3 Å². The number of alkyl halides is 6. The third kappa shape index (κ3) is 6.77. The zero-order valence-electron chi connectivity index (χ0n) is 23.5. The van der Waals surface area contributed by atoms with Crippen LogP contribution >= 0.6 is 0 Å². The molecule has 0 amide bonds. The Labute approximate surface area is 257 Å². The van der Waals surface area contributed by atoms with Gasteiger partial charge in [0.2, 0.25) is 11.5 Å². The number of hydrogen-bond donors (Lipinski definition) is 0. The first-order valence-corrected chi connectivity index (χ1v) is 12.7. The van der Waals surface area contributed by atoms with Crippen LogP contribution < -0.4 is 4.74 Å². The summed E-state index contributed by atoms with van der Waals surface area (Å²) in [5.41, 5.74) is -9.31. The SMILES string of the molecule is Cc1cc(-c2cc(C(F)(F)F)cc([N+](=O)[O-])c2Oc2c(-c3ccc([N+](=O)[O-])c(C)c3)cc(C(F)(F)F)cc2[N+](=O)[O-])ccc1[N+](=O)[O-]. The topological polar surface area (TPSA) is 182 Å². The summed E-state index contributed by atoms with van der Waals surface area (Å²) in [5, 5.41) is 46.9. The molecule has 19 heteroatoms. The lowest BCUT2D eigenvalue weighted by Crippen LogP contribution is -2.09. The summed E-state index contributed by atoms with van der Waals surface area (Å²) in [6.45, 7) is 2.42. The van der Waals surface area contributed by atoms with Crippen LogP contribution in [0.4, 0.5) is 49.1 Å². The molecule has 0 saturated heterocycles. The lowest BCUT2D eigenvalue weighted by atomic mass is 9.96. The Hall–Kier alpha value is -6.14. The third-order valence-corrected chi connectivity index (χ3v) is 6.80. The van der Waals surface area contributed by atoms with Gasteiger partial charge in [0.25, 0.3) is 11.4 Å². The van der Waals surface area contributed by atoms with Gasteiger partial charge in [0.05, 0.1) is 30.8 Å². The maximum atomic E-state index is 13.9. The lowest BCUT2D eigenvalue weighted by molar-refractivity contribution is -0.387. The molecule has 0 N–H and O–H groups in total. The van der Waals surface area contributed by atoms with Gasteiger partial charge in [-0.25, -0.2) is 0 Å². The summed E-state index contributed by atoms with van der Waals surface area (Å²) in [5.74, 6) is -2.17. The molecule has 0 aliphatic heterocycles. The predicted octanol–water partition coefficient (Wildman–Crippen LogP) is 9.10. The van der Waals surface area contributed by atoms with Crippen molar-refractivity contribution in [2.24, 2.45) is 0 Å². The second-order valence-corrected chi connectivity index (χ2v) is 9.87. The molecule has 0 spiro atoms. The van der Waals surface area contributed by atoms with Gasteiger partial charge < -0.3 is 4.74 Å². The van der Waals surface area contributed by atoms with E-state index < -0.39 is 88.5 Å². The van der Waals surface area contributed by atoms with Crippen molar-refractivity contribution in [2.45, 2.75) is 26.2 Å². The fourth-order valence-corrected chi connectivity index (χ4v) is 4.63. The van der Waals surface area contributed by atoms with E-state index >= 15 is 0 Å². The molecule has 0 bridgehead atoms. The van der Waals surface area contributed by atoms with E-state index in [1.807, 2.05) is 0 Å². The summed E-state index contributed by atoms with van der Waals surface area (Å²) in [6, 6.07) is 6.43. The highest BCUT2D eigenvalue weighted by atomic mass is 19.4. The highest BCUT2D eigenvalue weighted by Crippen LogP contribution is 2.51. The van der Waals surface area contributed by atoms with Crippen LogP contribution in [0.3, 0.4) is 0 Å². The van der Waals surface area contributed by atoms with Crippen molar-refractivity contribution in [1.29, 1.82) is 0 Å². The maximum absolute atomic E-state index is 13.9. The van der Waals surface area contributed by atoms with Gasteiger partial charge in [0.15, 0.2) is 0 Å². The fourth-order valence-electron chi connectivity index (χ4n) is 4.63. The molecule has 0 atom stereocenters. The molecule has 4 aromatic carbocycles. The highest BCUT2D eigenvalue weighted by molar-refractivity contribution is 5.82. The van der Waals surface area contributed by atoms with E-state index in [1.54, 1.807) is 0 Å². The molecule has 0 radical (unpaired) electrons. The van der Waals surface area contributed by atoms with Crippen molar-refractivity contribution in [2.75, 3.05) is 0 Å². The minimum atomic E-state index is -5.20. The van der Waals surface area contributed by atoms with Crippen molar-refractivity contribution >= 4 is 22.7 Å². The minimum absolute atomic E-state index is 0.0443. The Bertz CT molecular complexity index is 1850. The number of nitro benzene ring substituents is 4. The van der Waals surface area contributed by atoms with Gasteiger partial charge in [-0.1, -0.05) is 0 Å². The monoisotopic (exact) mass is 666 g/mol. The first-order chi connectivity index (χ1) is 21.7. The molecule has 47 heavy (non-hydrogen) atoms. The molecule has 0 heterocycles. The van der Waals surface area contributed by atoms with Crippen molar-refractivity contribution in [3.8, 4) is 33.8 Å². The van der Waals surface area contributed by atoms with E-state index in [-0.39, 0.29) is 34.4 Å². The number of aryl methyl sites for hydroxylation is 2. The van der Waals surface area contributed by atoms with Crippen LogP contribution in [-0.2, 0) is 12.4 Å². The second-order valence-electron chi connectivity index (χ2n) is 9.87. The van der Waals surface area contributed by atoms with Crippen LogP contribution in [0, 0.1) is 54.3 Å². The van der Waals surface area contributed by atoms with Gasteiger partial charge in [-0.05, 0) is 61.4 Å². The Morgan fingerprint density at radius 2 is 0.830 bits per heavy atom. The predicted molar refractivity (Wildman–Crippen MR) is 150 cm³/mol. The van der Waals surface area contributed by atoms with Gasteiger partial charge >= 0.3 is 23.7 Å². The van der Waals surface area contributed by atoms with Crippen LogP contribution in [0.15, 0.2) is 60.7 Å². The molecule has 13 nitrogen and oxygen atoms in total. The van der Waals surface area contributed by atoms with E-state index in [2.05, 4.69) is 0 Å². The average molecular weight is 666 g/mol. The van der Waals surface area contributed by atoms with Crippen molar-refractivity contribution in [3.05, 3.63) is 123 Å². The number of ether oxygens (including phenoxy) is 1. The maximum Gasteiger partial charge on any atom is 0.416 e. The minimum Gasteiger partial charge on any atom is -0.442 e. The second kappa shape index (κ2) is 12.0. The molecule has 0 aromatic heterocycles. The van der Waals surface area contributed by atoms with E-state index in [1.165, 1.54) is 13.8 Å². The summed E-state index contributed by atoms with van der Waals surface area (Å²) in [4.78, 5) is 42.6. The largest absolute Gasteiger partial charge is 0.442 e. The van der Waals surface area contributed by atoms with Gasteiger partial charge in [-0.15, -0.1) is 0 Å². The number of hydrogen-bond acceptors (Lipinski definition) is 9. The molecule has 244 valence electrons. The normalized spacial score (nSPS) is 11.7. The molecule has 0 fully saturated rings. The molecular weight excluding hydrogens is 650 g/mol. The first-order valence-electron chi connectivity index (χ1n) is 12.7. The van der Waals surface area contributed by atoms with E-state index in [9.17, 15) is 66.8 Å². The van der Waals surface area contributed by atoms with Gasteiger partial charge in [0.1, 0.15) is 0 Å². The number of benzene rings is 4. The van der Waals surface area contributed by atoms with Crippen molar-refractivity contribution < 1.29 is 50.8 Å². The van der Waals surface area contributed by atoms with Gasteiger partial charge in [-0.2, -0.15) is 26.3 Å². The number of halogens is 6. The number of nitrogens with zero attached hydrogens (tertiary/aromatic N) is 4. The molecule has 0 aliphatic rings. The zero-order valence-corrected chi connectivity index (χ0v) is 23.5. The Balaban J connectivity index is 2.14. The molecule has 0 saturated carbocycles. The number of rotatable bonds is 8. The van der Waals surface area contributed by atoms with E-state index in [0.717, 1.165) is 36.4 Å². The van der Waals surface area contributed by atoms with Crippen LogP contribution in [0.1, 0.15) is 22.3 Å². The summed E-state index contributed by atoms with van der Waals surface area (Å²) in [7, 11) is 0. The molecular formula is C28H16F6N4O9. The third-order valence-electron chi connectivity index (χ3n) is 6.80. The highest BCUT2D eigenvalue weighted by Gasteiger charge is 2.39. The standard InChI is InChI=1S/C28H16F6N4O9/c1-13-7-15(3-5-21(13)35(39)40)19-9-17(27(29,30)31)11-23(37(43)44)25(19)47-26-20(16-4-6-22(36(41)42)14(2)8-16)10-18(28(32,33)34)12-24(26)38(45)46/h3-12H,1-2H3. The van der Waals surface area contributed by atoms with Crippen molar-refractivity contribution in [3.63, 3.8) is 0 Å². The van der Waals surface area contributed by atoms with Gasteiger partial charge in [0, 0.05) is 46.5 Å². The number of nitro groups is 4. The smallest absolute Gasteiger partial charge is 0.416 e. The lowest BCUT2D eigenvalue weighted by Gasteiger charge is -2.19. The molecule has 4 aromatic rings. The average Bonchev–Trinajstić information content (AvgIpc) is 2.95.